The first-order chi connectivity index (χ1) is 16.6. The highest BCUT2D eigenvalue weighted by Crippen LogP contribution is 2.28. The van der Waals surface area contributed by atoms with Crippen LogP contribution in [0.3, 0.4) is 0 Å². The van der Waals surface area contributed by atoms with Crippen LogP contribution in [0.25, 0.3) is 10.9 Å². The Morgan fingerprint density at radius 2 is 1.71 bits per heavy atom. The van der Waals surface area contributed by atoms with E-state index in [1.54, 1.807) is 19.2 Å². The van der Waals surface area contributed by atoms with Gasteiger partial charge in [0.2, 0.25) is 0 Å². The van der Waals surface area contributed by atoms with Gasteiger partial charge < -0.3 is 19.4 Å². The number of carbonyl (C=O) groups excluding carboxylic acids is 2. The zero-order chi connectivity index (χ0) is 23.5. The fraction of sp³-hybridized carbons (Fsp3) is 0.385. The van der Waals surface area contributed by atoms with Gasteiger partial charge in [-0.25, -0.2) is 14.8 Å². The quantitative estimate of drug-likeness (QED) is 0.541. The maximum absolute atomic E-state index is 13.6. The normalized spacial score (nSPS) is 16.2. The molecule has 2 fully saturated rings. The highest BCUT2D eigenvalue weighted by atomic mass is 16.5. The number of amides is 1. The Kier molecular flexibility index (Phi) is 6.29. The summed E-state index contributed by atoms with van der Waals surface area (Å²) in [6, 6.07) is 13.5. The number of piperazine rings is 1. The van der Waals surface area contributed by atoms with Crippen LogP contribution in [0, 0.1) is 0 Å². The van der Waals surface area contributed by atoms with Crippen LogP contribution in [0.5, 0.6) is 0 Å². The van der Waals surface area contributed by atoms with Crippen molar-refractivity contribution >= 4 is 34.4 Å². The van der Waals surface area contributed by atoms with E-state index in [4.69, 9.17) is 9.72 Å². The molecule has 8 heteroatoms. The molecule has 2 saturated heterocycles. The monoisotopic (exact) mass is 459 g/mol. The molecule has 176 valence electrons. The SMILES string of the molecule is CCOC(=O)c1ccc(N2CCN(C(=O)c3cc4ccccc4nc3N3CCCC3)CC2)nc1. The van der Waals surface area contributed by atoms with Gasteiger partial charge in [-0.2, -0.15) is 0 Å². The second-order valence-corrected chi connectivity index (χ2v) is 8.65. The molecule has 5 rings (SSSR count). The molecule has 2 aliphatic rings. The van der Waals surface area contributed by atoms with E-state index in [9.17, 15) is 9.59 Å². The molecule has 0 bridgehead atoms. The number of anilines is 2. The van der Waals surface area contributed by atoms with Crippen molar-refractivity contribution < 1.29 is 14.3 Å². The summed E-state index contributed by atoms with van der Waals surface area (Å²) in [7, 11) is 0. The number of hydrogen-bond acceptors (Lipinski definition) is 7. The van der Waals surface area contributed by atoms with Gasteiger partial charge in [-0.1, -0.05) is 18.2 Å². The highest BCUT2D eigenvalue weighted by Gasteiger charge is 2.28. The smallest absolute Gasteiger partial charge is 0.339 e. The third-order valence-electron chi connectivity index (χ3n) is 6.49. The summed E-state index contributed by atoms with van der Waals surface area (Å²) in [5.74, 6) is 1.27. The van der Waals surface area contributed by atoms with Gasteiger partial charge in [0, 0.05) is 50.9 Å². The van der Waals surface area contributed by atoms with E-state index in [0.717, 1.165) is 48.5 Å². The Morgan fingerprint density at radius 3 is 2.41 bits per heavy atom. The number of para-hydroxylation sites is 1. The summed E-state index contributed by atoms with van der Waals surface area (Å²) < 4.78 is 5.02. The molecule has 4 heterocycles. The average molecular weight is 460 g/mol. The number of benzene rings is 1. The van der Waals surface area contributed by atoms with Crippen molar-refractivity contribution in [3.63, 3.8) is 0 Å². The van der Waals surface area contributed by atoms with E-state index in [2.05, 4.69) is 14.8 Å². The van der Waals surface area contributed by atoms with Gasteiger partial charge in [0.15, 0.2) is 0 Å². The molecular formula is C26H29N5O3. The third-order valence-corrected chi connectivity index (χ3v) is 6.49. The van der Waals surface area contributed by atoms with E-state index >= 15 is 0 Å². The zero-order valence-corrected chi connectivity index (χ0v) is 19.4. The van der Waals surface area contributed by atoms with E-state index in [-0.39, 0.29) is 11.9 Å². The topological polar surface area (TPSA) is 78.9 Å². The van der Waals surface area contributed by atoms with Crippen molar-refractivity contribution in [2.24, 2.45) is 0 Å². The Bertz CT molecular complexity index is 1180. The maximum atomic E-state index is 13.6. The molecule has 0 spiro atoms. The number of rotatable bonds is 5. The van der Waals surface area contributed by atoms with Crippen LogP contribution in [0.15, 0.2) is 48.7 Å². The van der Waals surface area contributed by atoms with Crippen molar-refractivity contribution in [2.75, 3.05) is 55.7 Å². The molecule has 8 nitrogen and oxygen atoms in total. The van der Waals surface area contributed by atoms with Gasteiger partial charge in [0.25, 0.3) is 5.91 Å². The molecule has 0 saturated carbocycles. The fourth-order valence-electron chi connectivity index (χ4n) is 4.65. The van der Waals surface area contributed by atoms with Crippen molar-refractivity contribution in [2.45, 2.75) is 19.8 Å². The fourth-order valence-corrected chi connectivity index (χ4v) is 4.65. The van der Waals surface area contributed by atoms with Crippen LogP contribution in [-0.4, -0.2) is 72.6 Å². The molecule has 3 aromatic rings. The summed E-state index contributed by atoms with van der Waals surface area (Å²) in [5.41, 5.74) is 2.05. The molecule has 0 aliphatic carbocycles. The van der Waals surface area contributed by atoms with E-state index < -0.39 is 0 Å². The number of esters is 1. The van der Waals surface area contributed by atoms with Gasteiger partial charge in [0.1, 0.15) is 11.6 Å². The molecule has 0 unspecified atom stereocenters. The van der Waals surface area contributed by atoms with Crippen LogP contribution in [0.4, 0.5) is 11.6 Å². The molecule has 0 radical (unpaired) electrons. The minimum atomic E-state index is -0.366. The van der Waals surface area contributed by atoms with Crippen molar-refractivity contribution in [1.82, 2.24) is 14.9 Å². The molecule has 0 atom stereocenters. The van der Waals surface area contributed by atoms with E-state index in [1.807, 2.05) is 41.3 Å². The second-order valence-electron chi connectivity index (χ2n) is 8.65. The lowest BCUT2D eigenvalue weighted by Gasteiger charge is -2.36. The third kappa shape index (κ3) is 4.40. The Hall–Kier alpha value is -3.68. The number of fused-ring (bicyclic) bond motifs is 1. The molecule has 0 N–H and O–H groups in total. The minimum Gasteiger partial charge on any atom is -0.462 e. The summed E-state index contributed by atoms with van der Waals surface area (Å²) in [6.07, 6.45) is 3.81. The number of pyridine rings is 2. The van der Waals surface area contributed by atoms with Gasteiger partial charge >= 0.3 is 5.97 Å². The van der Waals surface area contributed by atoms with Crippen LogP contribution >= 0.6 is 0 Å². The predicted molar refractivity (Wildman–Crippen MR) is 132 cm³/mol. The average Bonchev–Trinajstić information content (AvgIpc) is 3.43. The second kappa shape index (κ2) is 9.67. The van der Waals surface area contributed by atoms with Crippen LogP contribution in [0.2, 0.25) is 0 Å². The molecule has 1 aromatic carbocycles. The Morgan fingerprint density at radius 1 is 0.941 bits per heavy atom. The summed E-state index contributed by atoms with van der Waals surface area (Å²) in [6.45, 7) is 6.55. The van der Waals surface area contributed by atoms with Gasteiger partial charge in [-0.3, -0.25) is 4.79 Å². The molecule has 34 heavy (non-hydrogen) atoms. The van der Waals surface area contributed by atoms with Crippen molar-refractivity contribution in [3.8, 4) is 0 Å². The predicted octanol–water partition coefficient (Wildman–Crippen LogP) is 3.37. The van der Waals surface area contributed by atoms with Gasteiger partial charge in [-0.05, 0) is 44.0 Å². The Labute approximate surface area is 199 Å². The lowest BCUT2D eigenvalue weighted by molar-refractivity contribution is 0.0525. The van der Waals surface area contributed by atoms with Gasteiger partial charge in [0.05, 0.1) is 23.3 Å². The molecule has 2 aromatic heterocycles. The molecule has 2 aliphatic heterocycles. The van der Waals surface area contributed by atoms with Crippen molar-refractivity contribution in [3.05, 3.63) is 59.8 Å². The molecular weight excluding hydrogens is 430 g/mol. The lowest BCUT2D eigenvalue weighted by Crippen LogP contribution is -2.49. The highest BCUT2D eigenvalue weighted by molar-refractivity contribution is 6.02. The number of ether oxygens (including phenoxy) is 1. The van der Waals surface area contributed by atoms with E-state index in [1.165, 1.54) is 0 Å². The first-order valence-corrected chi connectivity index (χ1v) is 12.0. The zero-order valence-electron chi connectivity index (χ0n) is 19.4. The largest absolute Gasteiger partial charge is 0.462 e. The first kappa shape index (κ1) is 22.1. The summed E-state index contributed by atoms with van der Waals surface area (Å²) >= 11 is 0. The number of nitrogens with zero attached hydrogens (tertiary/aromatic N) is 5. The Balaban J connectivity index is 1.31. The first-order valence-electron chi connectivity index (χ1n) is 12.0. The maximum Gasteiger partial charge on any atom is 0.339 e. The van der Waals surface area contributed by atoms with E-state index in [0.29, 0.717) is 43.9 Å². The standard InChI is InChI=1S/C26H29N5O3/c1-2-34-26(33)20-9-10-23(27-18-20)29-13-15-31(16-14-29)25(32)21-17-19-7-3-4-8-22(19)28-24(21)30-11-5-6-12-30/h3-4,7-10,17-18H,2,5-6,11-16H2,1H3. The van der Waals surface area contributed by atoms with Crippen LogP contribution in [-0.2, 0) is 4.74 Å². The lowest BCUT2D eigenvalue weighted by atomic mass is 10.1. The number of carbonyl (C=O) groups is 2. The van der Waals surface area contributed by atoms with Crippen molar-refractivity contribution in [1.29, 1.82) is 0 Å². The molecule has 1 amide bonds. The van der Waals surface area contributed by atoms with Crippen LogP contribution in [0.1, 0.15) is 40.5 Å². The van der Waals surface area contributed by atoms with Crippen LogP contribution < -0.4 is 9.80 Å². The summed E-state index contributed by atoms with van der Waals surface area (Å²) in [5, 5.41) is 0.985. The number of aromatic nitrogens is 2. The number of hydrogen-bond donors (Lipinski definition) is 0. The van der Waals surface area contributed by atoms with Gasteiger partial charge in [-0.15, -0.1) is 0 Å². The summed E-state index contributed by atoms with van der Waals surface area (Å²) in [4.78, 5) is 41.1. The minimum absolute atomic E-state index is 0.0328.